The van der Waals surface area contributed by atoms with Gasteiger partial charge >= 0.3 is 0 Å². The highest BCUT2D eigenvalue weighted by Gasteiger charge is 2.31. The zero-order valence-corrected chi connectivity index (χ0v) is 40.3. The molecule has 0 spiro atoms. The maximum atomic E-state index is 8.35. The molecule has 1 unspecified atom stereocenters. The Bertz CT molecular complexity index is 1720. The summed E-state index contributed by atoms with van der Waals surface area (Å²) < 4.78 is 0. The van der Waals surface area contributed by atoms with Gasteiger partial charge in [-0.3, -0.25) is 0 Å². The second kappa shape index (κ2) is 18.4. The molecule has 0 amide bonds. The summed E-state index contributed by atoms with van der Waals surface area (Å²) in [4.78, 5) is 0. The van der Waals surface area contributed by atoms with Crippen LogP contribution in [-0.4, -0.2) is 7.77 Å². The average Bonchev–Trinajstić information content (AvgIpc) is 3.09. The molecule has 0 heterocycles. The van der Waals surface area contributed by atoms with Gasteiger partial charge in [0.2, 0.25) is 0 Å². The number of benzene rings is 4. The Morgan fingerprint density at radius 1 is 0.389 bits per heavy atom. The topological polar surface area (TPSA) is 0 Å². The van der Waals surface area contributed by atoms with Crippen molar-refractivity contribution in [3.63, 3.8) is 0 Å². The Morgan fingerprint density at radius 2 is 0.648 bits per heavy atom. The fourth-order valence-corrected chi connectivity index (χ4v) is 15.4. The molecule has 0 radical (unpaired) electrons. The number of halogens is 1. The van der Waals surface area contributed by atoms with Gasteiger partial charge in [-0.25, -0.2) is 0 Å². The third-order valence-corrected chi connectivity index (χ3v) is 17.9. The molecule has 0 bridgehead atoms. The Kier molecular flexibility index (Phi) is 15.2. The van der Waals surface area contributed by atoms with Crippen molar-refractivity contribution in [2.75, 3.05) is 0 Å². The van der Waals surface area contributed by atoms with Gasteiger partial charge in [0.25, 0.3) is 0 Å². The predicted octanol–water partition coefficient (Wildman–Crippen LogP) is 15.8. The van der Waals surface area contributed by atoms with E-state index in [0.29, 0.717) is 61.4 Å². The minimum atomic E-state index is -2.16. The molecule has 0 nitrogen and oxygen atoms in total. The van der Waals surface area contributed by atoms with E-state index in [0.717, 1.165) is 0 Å². The lowest BCUT2D eigenvalue weighted by Crippen LogP contribution is -2.30. The number of hydrogen-bond acceptors (Lipinski definition) is 0. The average molecular weight is 782 g/mol. The van der Waals surface area contributed by atoms with Crippen LogP contribution in [0.15, 0.2) is 54.6 Å². The van der Waals surface area contributed by atoms with Crippen LogP contribution in [0.25, 0.3) is 22.3 Å². The molecule has 3 heteroatoms. The molecule has 0 aliphatic heterocycles. The van der Waals surface area contributed by atoms with Crippen molar-refractivity contribution in [1.82, 2.24) is 0 Å². The first-order valence-electron chi connectivity index (χ1n) is 21.2. The van der Waals surface area contributed by atoms with Crippen molar-refractivity contribution in [3.05, 3.63) is 105 Å². The van der Waals surface area contributed by atoms with Gasteiger partial charge in [-0.1, -0.05) is 187 Å². The summed E-state index contributed by atoms with van der Waals surface area (Å²) in [5.74, 6) is 3.84. The summed E-state index contributed by atoms with van der Waals surface area (Å²) in [6.07, 6.45) is 0. The first-order valence-corrected chi connectivity index (χ1v) is 26.4. The summed E-state index contributed by atoms with van der Waals surface area (Å²) in [5.41, 5.74) is 18.8. The van der Waals surface area contributed by atoms with Crippen LogP contribution in [0, 0.1) is 0 Å². The van der Waals surface area contributed by atoms with Gasteiger partial charge in [-0.2, -0.15) is 11.1 Å². The Morgan fingerprint density at radius 3 is 0.889 bits per heavy atom. The Labute approximate surface area is 340 Å². The van der Waals surface area contributed by atoms with Gasteiger partial charge in [0.1, 0.15) is 0 Å². The van der Waals surface area contributed by atoms with Gasteiger partial charge in [0, 0.05) is 0 Å². The lowest BCUT2D eigenvalue weighted by Gasteiger charge is -2.30. The van der Waals surface area contributed by atoms with Gasteiger partial charge in [0.05, 0.1) is 0 Å². The highest BCUT2D eigenvalue weighted by atomic mass is 35.6. The van der Waals surface area contributed by atoms with E-state index in [9.17, 15) is 0 Å². The van der Waals surface area contributed by atoms with E-state index in [-0.39, 0.29) is 0 Å². The third-order valence-electron chi connectivity index (χ3n) is 11.6. The van der Waals surface area contributed by atoms with Crippen LogP contribution in [0.2, 0.25) is 0 Å². The maximum Gasteiger partial charge on any atom is 0.199 e. The molecular formula is C51H74ClPSi. The molecule has 54 heavy (non-hydrogen) atoms. The van der Waals surface area contributed by atoms with Gasteiger partial charge < -0.3 is 0 Å². The van der Waals surface area contributed by atoms with Crippen molar-refractivity contribution in [3.8, 4) is 22.3 Å². The van der Waals surface area contributed by atoms with E-state index in [1.165, 1.54) is 82.8 Å². The largest absolute Gasteiger partial charge is 0.199 e. The summed E-state index contributed by atoms with van der Waals surface area (Å²) in [7, 11) is -1.59. The van der Waals surface area contributed by atoms with E-state index >= 15 is 0 Å². The normalized spacial score (nSPS) is 13.3. The second-order valence-electron chi connectivity index (χ2n) is 18.9. The summed E-state index contributed by atoms with van der Waals surface area (Å²) in [6.45, 7) is 42.6. The second-order valence-corrected chi connectivity index (χ2v) is 26.0. The van der Waals surface area contributed by atoms with E-state index < -0.39 is 7.77 Å². The molecule has 0 N–H and O–H groups in total. The molecule has 0 saturated heterocycles. The minimum Gasteiger partial charge on any atom is -0.159 e. The van der Waals surface area contributed by atoms with E-state index in [1.807, 2.05) is 0 Å². The molecule has 0 saturated carbocycles. The summed E-state index contributed by atoms with van der Waals surface area (Å²) >= 11 is 8.35. The highest BCUT2D eigenvalue weighted by Crippen LogP contribution is 2.44. The van der Waals surface area contributed by atoms with Crippen molar-refractivity contribution in [2.24, 2.45) is 0 Å². The van der Waals surface area contributed by atoms with E-state index in [4.69, 9.17) is 11.1 Å². The zero-order chi connectivity index (χ0) is 40.5. The molecule has 2 atom stereocenters. The van der Waals surface area contributed by atoms with E-state index in [2.05, 4.69) is 179 Å². The first kappa shape index (κ1) is 44.5. The van der Waals surface area contributed by atoms with Crippen LogP contribution in [0.3, 0.4) is 0 Å². The number of rotatable bonds is 14. The molecule has 0 aliphatic rings. The van der Waals surface area contributed by atoms with Gasteiger partial charge in [-0.15, -0.1) is 0 Å². The summed E-state index contributed by atoms with van der Waals surface area (Å²) in [5, 5.41) is 2.97. The zero-order valence-electron chi connectivity index (χ0n) is 37.3. The van der Waals surface area contributed by atoms with Crippen molar-refractivity contribution < 1.29 is 0 Å². The smallest absolute Gasteiger partial charge is 0.159 e. The lowest BCUT2D eigenvalue weighted by molar-refractivity contribution is 0.807. The molecule has 4 aromatic carbocycles. The van der Waals surface area contributed by atoms with Crippen molar-refractivity contribution >= 4 is 37.5 Å². The Hall–Kier alpha value is -2.18. The molecule has 4 aromatic rings. The highest BCUT2D eigenvalue weighted by molar-refractivity contribution is 7.92. The third kappa shape index (κ3) is 9.50. The lowest BCUT2D eigenvalue weighted by atomic mass is 9.79. The number of hydrogen-bond donors (Lipinski definition) is 0. The van der Waals surface area contributed by atoms with Crippen LogP contribution in [0.5, 0.6) is 0 Å². The molecule has 0 aliphatic carbocycles. The quantitative estimate of drug-likeness (QED) is 0.0679. The van der Waals surface area contributed by atoms with Crippen LogP contribution in [0.4, 0.5) is 0 Å². The minimum absolute atomic E-state index is 0.386. The molecule has 294 valence electrons. The standard InChI is InChI=1S/C51H74ClPSi/c1-28(2)37-22-42(31(7)8)48(43(23-37)32(9)10)40-20-19-21-41(49-44(33(11)12)24-38(29(3)4)25-45(49)34(13)14)51(40)54(52)53-50-46(35(15)16)26-39(30(5)6)27-47(50)36(17)18/h19-36,53-54H,1-18H3/t54-/m0/s1. The van der Waals surface area contributed by atoms with Crippen LogP contribution < -0.4 is 10.5 Å². The maximum absolute atomic E-state index is 8.35. The molecular weight excluding hydrogens is 707 g/mol. The molecule has 0 aromatic heterocycles. The van der Waals surface area contributed by atoms with E-state index in [1.54, 1.807) is 0 Å². The van der Waals surface area contributed by atoms with Gasteiger partial charge in [0.15, 0.2) is 7.77 Å². The van der Waals surface area contributed by atoms with Crippen LogP contribution >= 0.6 is 19.2 Å². The fraction of sp³-hybridized carbons (Fsp3) is 0.529. The first-order chi connectivity index (χ1) is 25.2. The SMILES string of the molecule is CC(C)c1cc(C(C)C)c(P[Si@H](Cl)c2c(-c3c(C(C)C)cc(C(C)C)cc3C(C)C)cccc2-c2c(C(C)C)cc(C(C)C)cc2C(C)C)c(C(C)C)c1. The fourth-order valence-electron chi connectivity index (χ4n) is 8.13. The van der Waals surface area contributed by atoms with Crippen molar-refractivity contribution in [2.45, 2.75) is 178 Å². The monoisotopic (exact) mass is 780 g/mol. The van der Waals surface area contributed by atoms with Gasteiger partial charge in [-0.05, 0) is 136 Å². The summed E-state index contributed by atoms with van der Waals surface area (Å²) in [6, 6.07) is 22.4. The predicted molar refractivity (Wildman–Crippen MR) is 251 cm³/mol. The molecule has 0 fully saturated rings. The van der Waals surface area contributed by atoms with Crippen LogP contribution in [0.1, 0.15) is 228 Å². The van der Waals surface area contributed by atoms with Crippen molar-refractivity contribution in [1.29, 1.82) is 0 Å². The Balaban J connectivity index is 2.25. The molecule has 4 rings (SSSR count). The van der Waals surface area contributed by atoms with Crippen LogP contribution in [-0.2, 0) is 0 Å².